The van der Waals surface area contributed by atoms with E-state index in [4.69, 9.17) is 5.73 Å². The number of fused-ring (bicyclic) bond motifs is 12. The quantitative estimate of drug-likeness (QED) is 0.212. The first kappa shape index (κ1) is 25.9. The molecule has 2 N–H and O–H groups in total. The van der Waals surface area contributed by atoms with Gasteiger partial charge in [0.1, 0.15) is 0 Å². The second kappa shape index (κ2) is 9.45. The number of rotatable bonds is 3. The number of benzene rings is 7. The highest BCUT2D eigenvalue weighted by molar-refractivity contribution is 6.10. The fourth-order valence-electron chi connectivity index (χ4n) is 8.13. The van der Waals surface area contributed by atoms with E-state index < -0.39 is 5.41 Å². The molecule has 7 aromatic carbocycles. The molecular weight excluding hydrogens is 544 g/mol. The van der Waals surface area contributed by atoms with E-state index in [1.165, 1.54) is 61.0 Å². The van der Waals surface area contributed by atoms with Gasteiger partial charge in [0, 0.05) is 28.1 Å². The maximum Gasteiger partial charge on any atom is 0.0727 e. The van der Waals surface area contributed by atoms with Crippen molar-refractivity contribution in [2.24, 2.45) is 0 Å². The van der Waals surface area contributed by atoms with Gasteiger partial charge in [0.05, 0.1) is 5.41 Å². The van der Waals surface area contributed by atoms with Crippen LogP contribution in [0, 0.1) is 13.8 Å². The van der Waals surface area contributed by atoms with Crippen LogP contribution in [0.3, 0.4) is 0 Å². The normalized spacial score (nSPS) is 13.4. The third kappa shape index (κ3) is 3.51. The number of aryl methyl sites for hydroxylation is 2. The van der Waals surface area contributed by atoms with Crippen LogP contribution in [0.4, 0.5) is 22.7 Å². The molecule has 2 aliphatic carbocycles. The van der Waals surface area contributed by atoms with Crippen LogP contribution in [0.1, 0.15) is 33.4 Å². The number of hydrogen-bond acceptors (Lipinski definition) is 2. The van der Waals surface area contributed by atoms with Crippen LogP contribution >= 0.6 is 0 Å². The molecule has 9 rings (SSSR count). The van der Waals surface area contributed by atoms with Crippen LogP contribution in [0.25, 0.3) is 33.0 Å². The second-order valence-electron chi connectivity index (χ2n) is 12.5. The van der Waals surface area contributed by atoms with Gasteiger partial charge >= 0.3 is 0 Å². The summed E-state index contributed by atoms with van der Waals surface area (Å²) in [6.45, 7) is 4.32. The van der Waals surface area contributed by atoms with E-state index in [9.17, 15) is 0 Å². The molecule has 2 nitrogen and oxygen atoms in total. The van der Waals surface area contributed by atoms with Gasteiger partial charge < -0.3 is 10.6 Å². The molecule has 0 aliphatic heterocycles. The Morgan fingerprint density at radius 1 is 0.444 bits per heavy atom. The molecule has 45 heavy (non-hydrogen) atoms. The van der Waals surface area contributed by atoms with E-state index in [1.807, 2.05) is 0 Å². The molecule has 0 saturated heterocycles. The van der Waals surface area contributed by atoms with Crippen molar-refractivity contribution in [3.05, 3.63) is 179 Å². The van der Waals surface area contributed by atoms with Gasteiger partial charge in [-0.25, -0.2) is 0 Å². The number of nitrogens with two attached hydrogens (primary N) is 1. The molecule has 214 valence electrons. The first-order valence-electron chi connectivity index (χ1n) is 15.6. The smallest absolute Gasteiger partial charge is 0.0727 e. The van der Waals surface area contributed by atoms with Crippen molar-refractivity contribution in [1.29, 1.82) is 0 Å². The Hall–Kier alpha value is -5.60. The Bertz CT molecular complexity index is 2240. The van der Waals surface area contributed by atoms with Crippen molar-refractivity contribution in [3.63, 3.8) is 0 Å². The first-order chi connectivity index (χ1) is 22.1. The van der Waals surface area contributed by atoms with E-state index in [-0.39, 0.29) is 0 Å². The maximum absolute atomic E-state index is 6.91. The van der Waals surface area contributed by atoms with Crippen molar-refractivity contribution in [2.45, 2.75) is 19.3 Å². The lowest BCUT2D eigenvalue weighted by Crippen LogP contribution is -2.26. The van der Waals surface area contributed by atoms with Gasteiger partial charge in [0.2, 0.25) is 0 Å². The average molecular weight is 577 g/mol. The lowest BCUT2D eigenvalue weighted by atomic mass is 9.70. The van der Waals surface area contributed by atoms with Gasteiger partial charge in [0.15, 0.2) is 0 Å². The van der Waals surface area contributed by atoms with Crippen LogP contribution in [-0.4, -0.2) is 0 Å². The van der Waals surface area contributed by atoms with Gasteiger partial charge in [0.25, 0.3) is 0 Å². The summed E-state index contributed by atoms with van der Waals surface area (Å²) in [4.78, 5) is 2.40. The van der Waals surface area contributed by atoms with Crippen molar-refractivity contribution >= 4 is 33.5 Å². The summed E-state index contributed by atoms with van der Waals surface area (Å²) in [7, 11) is 0. The largest absolute Gasteiger partial charge is 0.398 e. The lowest BCUT2D eigenvalue weighted by molar-refractivity contribution is 0.794. The molecule has 7 aromatic rings. The molecule has 2 heteroatoms. The van der Waals surface area contributed by atoms with E-state index in [0.717, 1.165) is 28.1 Å². The monoisotopic (exact) mass is 576 g/mol. The molecule has 2 aliphatic rings. The molecule has 0 radical (unpaired) electrons. The van der Waals surface area contributed by atoms with E-state index in [1.54, 1.807) is 0 Å². The van der Waals surface area contributed by atoms with E-state index >= 15 is 0 Å². The molecule has 0 bridgehead atoms. The van der Waals surface area contributed by atoms with Crippen molar-refractivity contribution in [2.75, 3.05) is 10.6 Å². The van der Waals surface area contributed by atoms with Crippen LogP contribution in [0.5, 0.6) is 0 Å². The summed E-state index contributed by atoms with van der Waals surface area (Å²) in [5, 5.41) is 2.30. The lowest BCUT2D eigenvalue weighted by Gasteiger charge is -2.32. The molecule has 0 saturated carbocycles. The van der Waals surface area contributed by atoms with Crippen LogP contribution < -0.4 is 10.6 Å². The van der Waals surface area contributed by atoms with Crippen molar-refractivity contribution in [3.8, 4) is 22.3 Å². The van der Waals surface area contributed by atoms with E-state index in [0.29, 0.717) is 0 Å². The fourth-order valence-corrected chi connectivity index (χ4v) is 8.13. The summed E-state index contributed by atoms with van der Waals surface area (Å²) in [5.74, 6) is 0. The van der Waals surface area contributed by atoms with E-state index in [2.05, 4.69) is 164 Å². The summed E-state index contributed by atoms with van der Waals surface area (Å²) in [6.07, 6.45) is 0. The Balaban J connectivity index is 1.42. The van der Waals surface area contributed by atoms with Crippen molar-refractivity contribution < 1.29 is 0 Å². The SMILES string of the molecule is Cc1cccc(N(c2cccc(C)c2)c2ccc3c(c2)C2(c4ccccc4-c4ccccc42)c2cc(N)c4ccccc4c2-3)c1. The molecule has 0 unspecified atom stereocenters. The van der Waals surface area contributed by atoms with Gasteiger partial charge in [-0.2, -0.15) is 0 Å². The molecular formula is C43H32N2. The standard InChI is InChI=1S/C43H32N2/c1-27-11-9-13-29(23-27)45(30-14-10-12-28(2)24-30)31-21-22-36-39(25-31)43(40-26-41(44)34-17-3-4-18-35(34)42(36)40)37-19-7-5-15-32(37)33-16-6-8-20-38(33)43/h3-26H,44H2,1-2H3. The summed E-state index contributed by atoms with van der Waals surface area (Å²) < 4.78 is 0. The number of anilines is 4. The highest BCUT2D eigenvalue weighted by Gasteiger charge is 2.52. The zero-order valence-corrected chi connectivity index (χ0v) is 25.4. The zero-order valence-electron chi connectivity index (χ0n) is 25.4. The molecule has 0 atom stereocenters. The zero-order chi connectivity index (χ0) is 30.3. The van der Waals surface area contributed by atoms with Gasteiger partial charge in [-0.15, -0.1) is 0 Å². The minimum atomic E-state index is -0.489. The summed E-state index contributed by atoms with van der Waals surface area (Å²) >= 11 is 0. The Labute approximate surface area is 264 Å². The third-order valence-corrected chi connectivity index (χ3v) is 9.89. The highest BCUT2D eigenvalue weighted by Crippen LogP contribution is 2.64. The number of hydrogen-bond donors (Lipinski definition) is 1. The third-order valence-electron chi connectivity index (χ3n) is 9.89. The number of nitrogens with zero attached hydrogens (tertiary/aromatic N) is 1. The Kier molecular flexibility index (Phi) is 5.43. The van der Waals surface area contributed by atoms with Crippen LogP contribution in [-0.2, 0) is 5.41 Å². The molecule has 0 aromatic heterocycles. The molecule has 0 heterocycles. The van der Waals surface area contributed by atoms with Gasteiger partial charge in [-0.05, 0) is 117 Å². The summed E-state index contributed by atoms with van der Waals surface area (Å²) in [6, 6.07) is 53.4. The Morgan fingerprint density at radius 2 is 1.00 bits per heavy atom. The predicted molar refractivity (Wildman–Crippen MR) is 189 cm³/mol. The van der Waals surface area contributed by atoms with Gasteiger partial charge in [-0.3, -0.25) is 0 Å². The first-order valence-corrected chi connectivity index (χ1v) is 15.6. The summed E-state index contributed by atoms with van der Waals surface area (Å²) in [5.41, 5.74) is 23.5. The van der Waals surface area contributed by atoms with Crippen LogP contribution in [0.15, 0.2) is 146 Å². The predicted octanol–water partition coefficient (Wildman–Crippen LogP) is 10.9. The maximum atomic E-state index is 6.91. The highest BCUT2D eigenvalue weighted by atomic mass is 15.1. The fraction of sp³-hybridized carbons (Fsp3) is 0.0698. The molecule has 0 amide bonds. The minimum absolute atomic E-state index is 0.489. The minimum Gasteiger partial charge on any atom is -0.398 e. The Morgan fingerprint density at radius 3 is 1.62 bits per heavy atom. The van der Waals surface area contributed by atoms with Crippen LogP contribution in [0.2, 0.25) is 0 Å². The molecule has 1 spiro atoms. The van der Waals surface area contributed by atoms with Crippen molar-refractivity contribution in [1.82, 2.24) is 0 Å². The molecule has 0 fully saturated rings. The number of nitrogen functional groups attached to an aromatic ring is 1. The topological polar surface area (TPSA) is 29.3 Å². The second-order valence-corrected chi connectivity index (χ2v) is 12.5. The average Bonchev–Trinajstić information content (AvgIpc) is 3.52. The van der Waals surface area contributed by atoms with Gasteiger partial charge in [-0.1, -0.05) is 103 Å².